The van der Waals surface area contributed by atoms with Crippen LogP contribution in [0.5, 0.6) is 5.75 Å². The molecule has 0 radical (unpaired) electrons. The van der Waals surface area contributed by atoms with E-state index < -0.39 is 5.91 Å². The van der Waals surface area contributed by atoms with Gasteiger partial charge in [0.05, 0.1) is 6.61 Å². The van der Waals surface area contributed by atoms with Crippen molar-refractivity contribution in [3.05, 3.63) is 65.0 Å². The molecule has 0 bridgehead atoms. The molecule has 2 heterocycles. The maximum Gasteiger partial charge on any atom is 0.309 e. The first kappa shape index (κ1) is 18.7. The maximum absolute atomic E-state index is 12.5. The van der Waals surface area contributed by atoms with Crippen molar-refractivity contribution in [3.63, 3.8) is 0 Å². The fourth-order valence-electron chi connectivity index (χ4n) is 3.19. The van der Waals surface area contributed by atoms with Gasteiger partial charge >= 0.3 is 11.8 Å². The van der Waals surface area contributed by atoms with E-state index in [1.807, 2.05) is 63.2 Å². The van der Waals surface area contributed by atoms with Crippen LogP contribution < -0.4 is 10.1 Å². The van der Waals surface area contributed by atoms with Crippen molar-refractivity contribution in [2.75, 3.05) is 6.61 Å². The Morgan fingerprint density at radius 1 is 1.07 bits per heavy atom. The number of ether oxygens (including phenoxy) is 1. The molecular weight excluding hydrogens is 370 g/mol. The van der Waals surface area contributed by atoms with E-state index in [2.05, 4.69) is 15.5 Å². The molecule has 4 aromatic rings. The molecular formula is C22H21N3O4. The standard InChI is InChI=1S/C22H21N3O4/c1-4-27-17-11-6-5-9-15(17)12-23-20(26)22-25-24-21(29-22)19-14(3)16-10-7-8-13(2)18(16)28-19/h5-11H,4,12H2,1-3H3,(H,23,26). The van der Waals surface area contributed by atoms with Gasteiger partial charge in [-0.15, -0.1) is 10.2 Å². The highest BCUT2D eigenvalue weighted by atomic mass is 16.5. The minimum atomic E-state index is -0.458. The lowest BCUT2D eigenvalue weighted by molar-refractivity contribution is 0.0916. The number of amides is 1. The topological polar surface area (TPSA) is 90.4 Å². The summed E-state index contributed by atoms with van der Waals surface area (Å²) in [6.45, 7) is 6.65. The van der Waals surface area contributed by atoms with E-state index in [9.17, 15) is 4.79 Å². The summed E-state index contributed by atoms with van der Waals surface area (Å²) in [5, 5.41) is 11.6. The zero-order chi connectivity index (χ0) is 20.4. The van der Waals surface area contributed by atoms with E-state index in [4.69, 9.17) is 13.6 Å². The molecule has 0 saturated heterocycles. The molecule has 4 rings (SSSR count). The second-order valence-corrected chi connectivity index (χ2v) is 6.64. The number of nitrogens with one attached hydrogen (secondary N) is 1. The summed E-state index contributed by atoms with van der Waals surface area (Å²) in [7, 11) is 0. The van der Waals surface area contributed by atoms with Crippen molar-refractivity contribution in [1.82, 2.24) is 15.5 Å². The SMILES string of the molecule is CCOc1ccccc1CNC(=O)c1nnc(-c2oc3c(C)cccc3c2C)o1. The molecule has 0 aliphatic carbocycles. The summed E-state index contributed by atoms with van der Waals surface area (Å²) < 4.78 is 17.1. The van der Waals surface area contributed by atoms with Crippen molar-refractivity contribution in [1.29, 1.82) is 0 Å². The van der Waals surface area contributed by atoms with Gasteiger partial charge in [0, 0.05) is 23.1 Å². The van der Waals surface area contributed by atoms with Gasteiger partial charge in [0.15, 0.2) is 5.76 Å². The quantitative estimate of drug-likeness (QED) is 0.523. The Kier molecular flexibility index (Phi) is 5.03. The van der Waals surface area contributed by atoms with Crippen LogP contribution in [0.3, 0.4) is 0 Å². The van der Waals surface area contributed by atoms with E-state index in [-0.39, 0.29) is 18.3 Å². The molecule has 1 amide bonds. The first-order valence-electron chi connectivity index (χ1n) is 9.40. The first-order valence-corrected chi connectivity index (χ1v) is 9.40. The molecule has 0 aliphatic rings. The second kappa shape index (κ2) is 7.79. The lowest BCUT2D eigenvalue weighted by atomic mass is 10.1. The average Bonchev–Trinajstić information content (AvgIpc) is 3.33. The number of rotatable bonds is 6. The number of furan rings is 1. The number of aryl methyl sites for hydroxylation is 2. The molecule has 0 unspecified atom stereocenters. The number of fused-ring (bicyclic) bond motifs is 1. The Bertz CT molecular complexity index is 1180. The average molecular weight is 391 g/mol. The van der Waals surface area contributed by atoms with Crippen LogP contribution in [-0.4, -0.2) is 22.7 Å². The summed E-state index contributed by atoms with van der Waals surface area (Å²) in [6, 6.07) is 13.5. The summed E-state index contributed by atoms with van der Waals surface area (Å²) in [6.07, 6.45) is 0. The van der Waals surface area contributed by atoms with Crippen molar-refractivity contribution >= 4 is 16.9 Å². The number of carbonyl (C=O) groups excluding carboxylic acids is 1. The number of hydrogen-bond donors (Lipinski definition) is 1. The first-order chi connectivity index (χ1) is 14.1. The van der Waals surface area contributed by atoms with Gasteiger partial charge < -0.3 is 18.9 Å². The molecule has 0 fully saturated rings. The molecule has 0 aliphatic heterocycles. The molecule has 2 aromatic heterocycles. The smallest absolute Gasteiger partial charge is 0.309 e. The third-order valence-electron chi connectivity index (χ3n) is 4.69. The number of benzene rings is 2. The van der Waals surface area contributed by atoms with Gasteiger partial charge in [-0.3, -0.25) is 4.79 Å². The van der Waals surface area contributed by atoms with E-state index in [1.165, 1.54) is 0 Å². The van der Waals surface area contributed by atoms with E-state index in [0.717, 1.165) is 33.4 Å². The molecule has 0 atom stereocenters. The largest absolute Gasteiger partial charge is 0.494 e. The Morgan fingerprint density at radius 3 is 2.69 bits per heavy atom. The fraction of sp³-hybridized carbons (Fsp3) is 0.227. The zero-order valence-corrected chi connectivity index (χ0v) is 16.5. The minimum Gasteiger partial charge on any atom is -0.494 e. The van der Waals surface area contributed by atoms with E-state index in [1.54, 1.807) is 0 Å². The zero-order valence-electron chi connectivity index (χ0n) is 16.5. The van der Waals surface area contributed by atoms with Gasteiger partial charge in [-0.2, -0.15) is 0 Å². The van der Waals surface area contributed by atoms with Crippen molar-refractivity contribution in [2.45, 2.75) is 27.3 Å². The van der Waals surface area contributed by atoms with E-state index in [0.29, 0.717) is 12.4 Å². The molecule has 1 N–H and O–H groups in total. The van der Waals surface area contributed by atoms with E-state index >= 15 is 0 Å². The van der Waals surface area contributed by atoms with Gasteiger partial charge in [-0.1, -0.05) is 36.4 Å². The highest BCUT2D eigenvalue weighted by Gasteiger charge is 2.21. The predicted octanol–water partition coefficient (Wildman–Crippen LogP) is 4.43. The Labute approximate surface area is 167 Å². The summed E-state index contributed by atoms with van der Waals surface area (Å²) in [4.78, 5) is 12.5. The monoisotopic (exact) mass is 391 g/mol. The van der Waals surface area contributed by atoms with Crippen LogP contribution in [-0.2, 0) is 6.54 Å². The minimum absolute atomic E-state index is 0.120. The molecule has 29 heavy (non-hydrogen) atoms. The second-order valence-electron chi connectivity index (χ2n) is 6.64. The fourth-order valence-corrected chi connectivity index (χ4v) is 3.19. The molecule has 2 aromatic carbocycles. The Balaban J connectivity index is 1.53. The molecule has 0 spiro atoms. The molecule has 0 saturated carbocycles. The van der Waals surface area contributed by atoms with Crippen molar-refractivity contribution in [3.8, 4) is 17.4 Å². The highest BCUT2D eigenvalue weighted by Crippen LogP contribution is 2.33. The molecule has 148 valence electrons. The Morgan fingerprint density at radius 2 is 1.90 bits per heavy atom. The third-order valence-corrected chi connectivity index (χ3v) is 4.69. The predicted molar refractivity (Wildman–Crippen MR) is 108 cm³/mol. The number of aromatic nitrogens is 2. The van der Waals surface area contributed by atoms with Crippen LogP contribution in [0.15, 0.2) is 51.3 Å². The van der Waals surface area contributed by atoms with Crippen LogP contribution in [0.25, 0.3) is 22.6 Å². The highest BCUT2D eigenvalue weighted by molar-refractivity contribution is 5.90. The number of para-hydroxylation sites is 2. The maximum atomic E-state index is 12.5. The summed E-state index contributed by atoms with van der Waals surface area (Å²) >= 11 is 0. The lowest BCUT2D eigenvalue weighted by Crippen LogP contribution is -2.23. The van der Waals surface area contributed by atoms with Crippen molar-refractivity contribution in [2.24, 2.45) is 0 Å². The summed E-state index contributed by atoms with van der Waals surface area (Å²) in [5.41, 5.74) is 3.55. The third kappa shape index (κ3) is 3.59. The lowest BCUT2D eigenvalue weighted by Gasteiger charge is -2.09. The van der Waals surface area contributed by atoms with Crippen LogP contribution >= 0.6 is 0 Å². The van der Waals surface area contributed by atoms with Gasteiger partial charge in [-0.25, -0.2) is 0 Å². The van der Waals surface area contributed by atoms with Crippen LogP contribution in [0.2, 0.25) is 0 Å². The van der Waals surface area contributed by atoms with Gasteiger partial charge in [0.25, 0.3) is 5.89 Å². The van der Waals surface area contributed by atoms with Crippen LogP contribution in [0, 0.1) is 13.8 Å². The van der Waals surface area contributed by atoms with Crippen LogP contribution in [0.1, 0.15) is 34.3 Å². The van der Waals surface area contributed by atoms with Crippen molar-refractivity contribution < 1.29 is 18.4 Å². The number of nitrogens with zero attached hydrogens (tertiary/aromatic N) is 2. The van der Waals surface area contributed by atoms with Gasteiger partial charge in [-0.05, 0) is 32.4 Å². The van der Waals surface area contributed by atoms with Gasteiger partial charge in [0.2, 0.25) is 0 Å². The molecule has 7 nitrogen and oxygen atoms in total. The van der Waals surface area contributed by atoms with Gasteiger partial charge in [0.1, 0.15) is 11.3 Å². The number of hydrogen-bond acceptors (Lipinski definition) is 6. The Hall–Kier alpha value is -3.61. The van der Waals surface area contributed by atoms with Crippen LogP contribution in [0.4, 0.5) is 0 Å². The normalized spacial score (nSPS) is 11.0. The molecule has 7 heteroatoms. The summed E-state index contributed by atoms with van der Waals surface area (Å²) in [5.74, 6) is 0.806. The number of carbonyl (C=O) groups is 1.